The van der Waals surface area contributed by atoms with Crippen LogP contribution in [0.2, 0.25) is 0 Å². The summed E-state index contributed by atoms with van der Waals surface area (Å²) in [5, 5.41) is 10.4. The first-order valence-corrected chi connectivity index (χ1v) is 11.5. The summed E-state index contributed by atoms with van der Waals surface area (Å²) >= 11 is 0. The first-order valence-electron chi connectivity index (χ1n) is 11.5. The maximum Gasteiger partial charge on any atom is 0.490 e. The highest BCUT2D eigenvalue weighted by molar-refractivity contribution is 5.94. The molecule has 2 heterocycles. The Morgan fingerprint density at radius 2 is 1.66 bits per heavy atom. The van der Waals surface area contributed by atoms with Gasteiger partial charge in [-0.15, -0.1) is 0 Å². The van der Waals surface area contributed by atoms with Gasteiger partial charge in [-0.3, -0.25) is 14.4 Å². The number of piperazine rings is 1. The summed E-state index contributed by atoms with van der Waals surface area (Å²) in [6.07, 6.45) is -2.47. The number of hydrogen-bond donors (Lipinski definition) is 2. The first kappa shape index (κ1) is 28.1. The van der Waals surface area contributed by atoms with Gasteiger partial charge in [0.2, 0.25) is 11.8 Å². The summed E-state index contributed by atoms with van der Waals surface area (Å²) < 4.78 is 31.7. The molecular weight excluding hydrogens is 469 g/mol. The Morgan fingerprint density at radius 1 is 1.03 bits per heavy atom. The molecule has 0 spiro atoms. The van der Waals surface area contributed by atoms with Gasteiger partial charge in [-0.1, -0.05) is 18.2 Å². The maximum atomic E-state index is 12.9. The molecule has 12 heteroatoms. The van der Waals surface area contributed by atoms with E-state index in [9.17, 15) is 27.6 Å². The third-order valence-corrected chi connectivity index (χ3v) is 5.64. The Hall–Kier alpha value is -3.15. The van der Waals surface area contributed by atoms with Crippen molar-refractivity contribution >= 4 is 23.7 Å². The van der Waals surface area contributed by atoms with Crippen LogP contribution in [-0.2, 0) is 14.4 Å². The lowest BCUT2D eigenvalue weighted by atomic mass is 10.2. The van der Waals surface area contributed by atoms with Gasteiger partial charge in [0.1, 0.15) is 0 Å². The number of alkyl halides is 3. The number of halogens is 3. The lowest BCUT2D eigenvalue weighted by molar-refractivity contribution is -0.192. The van der Waals surface area contributed by atoms with E-state index in [2.05, 4.69) is 5.32 Å². The second-order valence-corrected chi connectivity index (χ2v) is 8.18. The van der Waals surface area contributed by atoms with Crippen LogP contribution in [0.15, 0.2) is 30.3 Å². The van der Waals surface area contributed by atoms with Crippen molar-refractivity contribution in [1.82, 2.24) is 20.0 Å². The number of rotatable bonds is 8. The molecule has 0 aliphatic carbocycles. The van der Waals surface area contributed by atoms with Gasteiger partial charge < -0.3 is 25.1 Å². The van der Waals surface area contributed by atoms with Crippen molar-refractivity contribution in [3.05, 3.63) is 35.9 Å². The van der Waals surface area contributed by atoms with E-state index in [1.807, 2.05) is 28.0 Å². The van der Waals surface area contributed by atoms with Crippen LogP contribution in [0.5, 0.6) is 0 Å². The zero-order valence-corrected chi connectivity index (χ0v) is 19.4. The molecule has 35 heavy (non-hydrogen) atoms. The topological polar surface area (TPSA) is 110 Å². The van der Waals surface area contributed by atoms with Crippen molar-refractivity contribution in [3.63, 3.8) is 0 Å². The maximum absolute atomic E-state index is 12.9. The zero-order chi connectivity index (χ0) is 25.8. The molecule has 0 saturated carbocycles. The number of carboxylic acids is 1. The first-order chi connectivity index (χ1) is 16.6. The molecule has 3 amide bonds. The molecule has 2 N–H and O–H groups in total. The molecule has 0 unspecified atom stereocenters. The summed E-state index contributed by atoms with van der Waals surface area (Å²) in [6, 6.07) is 9.18. The van der Waals surface area contributed by atoms with Gasteiger partial charge in [0.25, 0.3) is 5.91 Å². The van der Waals surface area contributed by atoms with Crippen LogP contribution >= 0.6 is 0 Å². The Labute approximate surface area is 201 Å². The molecule has 2 aliphatic heterocycles. The van der Waals surface area contributed by atoms with Crippen LogP contribution < -0.4 is 5.32 Å². The van der Waals surface area contributed by atoms with Crippen LogP contribution in [0, 0.1) is 0 Å². The van der Waals surface area contributed by atoms with E-state index in [0.29, 0.717) is 38.0 Å². The van der Waals surface area contributed by atoms with E-state index in [4.69, 9.17) is 9.90 Å². The third kappa shape index (κ3) is 9.55. The molecule has 3 rings (SSSR count). The number of carbonyl (C=O) groups excluding carboxylic acids is 3. The van der Waals surface area contributed by atoms with Gasteiger partial charge in [0.05, 0.1) is 0 Å². The summed E-state index contributed by atoms with van der Waals surface area (Å²) in [5.41, 5.74) is 0.634. The molecule has 194 valence electrons. The van der Waals surface area contributed by atoms with E-state index in [1.54, 1.807) is 17.0 Å². The number of amides is 3. The Balaban J connectivity index is 0.000000540. The van der Waals surface area contributed by atoms with Crippen molar-refractivity contribution in [3.8, 4) is 0 Å². The predicted octanol–water partition coefficient (Wildman–Crippen LogP) is 1.60. The number of nitrogens with zero attached hydrogens (tertiary/aromatic N) is 3. The van der Waals surface area contributed by atoms with E-state index < -0.39 is 12.1 Å². The summed E-state index contributed by atoms with van der Waals surface area (Å²) in [4.78, 5) is 51.6. The predicted molar refractivity (Wildman–Crippen MR) is 121 cm³/mol. The quantitative estimate of drug-likeness (QED) is 0.561. The summed E-state index contributed by atoms with van der Waals surface area (Å²) in [6.45, 7) is 5.53. The fourth-order valence-electron chi connectivity index (χ4n) is 3.77. The highest BCUT2D eigenvalue weighted by Gasteiger charge is 2.38. The molecule has 1 aromatic carbocycles. The van der Waals surface area contributed by atoms with Crippen molar-refractivity contribution < 1.29 is 37.5 Å². The van der Waals surface area contributed by atoms with Gasteiger partial charge in [0, 0.05) is 70.8 Å². The van der Waals surface area contributed by atoms with Crippen LogP contribution in [-0.4, -0.2) is 102 Å². The average molecular weight is 501 g/mol. The van der Waals surface area contributed by atoms with E-state index in [-0.39, 0.29) is 17.7 Å². The second kappa shape index (κ2) is 13.7. The van der Waals surface area contributed by atoms with Gasteiger partial charge in [-0.25, -0.2) is 4.79 Å². The largest absolute Gasteiger partial charge is 0.490 e. The lowest BCUT2D eigenvalue weighted by Gasteiger charge is -2.29. The Bertz CT molecular complexity index is 860. The molecule has 2 saturated heterocycles. The molecule has 0 bridgehead atoms. The number of aliphatic carboxylic acids is 1. The van der Waals surface area contributed by atoms with Crippen LogP contribution in [0.1, 0.15) is 36.0 Å². The minimum atomic E-state index is -5.08. The van der Waals surface area contributed by atoms with Crippen molar-refractivity contribution in [1.29, 1.82) is 0 Å². The minimum absolute atomic E-state index is 0.0542. The number of carbonyl (C=O) groups is 4. The average Bonchev–Trinajstić information content (AvgIpc) is 3.26. The van der Waals surface area contributed by atoms with Gasteiger partial charge >= 0.3 is 12.1 Å². The third-order valence-electron chi connectivity index (χ3n) is 5.64. The lowest BCUT2D eigenvalue weighted by Crippen LogP contribution is -2.47. The van der Waals surface area contributed by atoms with Crippen molar-refractivity contribution in [2.75, 3.05) is 52.4 Å². The summed E-state index contributed by atoms with van der Waals surface area (Å²) in [7, 11) is 0. The molecule has 0 atom stereocenters. The monoisotopic (exact) mass is 500 g/mol. The van der Waals surface area contributed by atoms with Crippen molar-refractivity contribution in [2.45, 2.75) is 31.9 Å². The molecule has 2 fully saturated rings. The number of hydrogen-bond acceptors (Lipinski definition) is 5. The Kier molecular flexibility index (Phi) is 11.0. The van der Waals surface area contributed by atoms with Crippen LogP contribution in [0.4, 0.5) is 13.2 Å². The van der Waals surface area contributed by atoms with Gasteiger partial charge in [-0.05, 0) is 25.0 Å². The number of nitrogens with one attached hydrogen (secondary N) is 1. The molecular formula is C23H31F3N4O5. The zero-order valence-electron chi connectivity index (χ0n) is 19.4. The number of likely N-dealkylation sites (tertiary alicyclic amines) is 1. The molecule has 1 aromatic rings. The SMILES string of the molecule is O=C(O)C(F)(F)F.O=C1CCCN1CCCN(CCC(=O)N1CCNCC1)C(=O)c1ccccc1. The highest BCUT2D eigenvalue weighted by Crippen LogP contribution is 2.13. The van der Waals surface area contributed by atoms with E-state index in [1.165, 1.54) is 0 Å². The van der Waals surface area contributed by atoms with E-state index >= 15 is 0 Å². The number of carboxylic acid groups (broad SMARTS) is 1. The van der Waals surface area contributed by atoms with Gasteiger partial charge in [-0.2, -0.15) is 13.2 Å². The molecule has 9 nitrogen and oxygen atoms in total. The number of benzene rings is 1. The van der Waals surface area contributed by atoms with Crippen LogP contribution in [0.3, 0.4) is 0 Å². The standard InChI is InChI=1S/C21H30N4O3.C2HF3O2/c26-19-8-4-12-23(19)13-5-14-25(21(28)18-6-2-1-3-7-18)15-9-20(27)24-16-10-22-11-17-24;3-2(4,5)1(6)7/h1-3,6-7,22H,4-5,8-17H2;(H,6,7). The smallest absolute Gasteiger partial charge is 0.475 e. The summed E-state index contributed by atoms with van der Waals surface area (Å²) in [5.74, 6) is -2.51. The Morgan fingerprint density at radius 3 is 2.20 bits per heavy atom. The van der Waals surface area contributed by atoms with Crippen molar-refractivity contribution in [2.24, 2.45) is 0 Å². The van der Waals surface area contributed by atoms with Crippen LogP contribution in [0.25, 0.3) is 0 Å². The molecule has 0 aromatic heterocycles. The molecule has 0 radical (unpaired) electrons. The highest BCUT2D eigenvalue weighted by atomic mass is 19.4. The second-order valence-electron chi connectivity index (χ2n) is 8.18. The fraction of sp³-hybridized carbons (Fsp3) is 0.565. The minimum Gasteiger partial charge on any atom is -0.475 e. The van der Waals surface area contributed by atoms with E-state index in [0.717, 1.165) is 45.6 Å². The molecule has 2 aliphatic rings. The normalized spacial score (nSPS) is 15.9. The fourth-order valence-corrected chi connectivity index (χ4v) is 3.77. The van der Waals surface area contributed by atoms with Gasteiger partial charge in [0.15, 0.2) is 0 Å².